The second-order valence-electron chi connectivity index (χ2n) is 8.30. The topological polar surface area (TPSA) is 93.2 Å². The van der Waals surface area contributed by atoms with E-state index in [1.165, 1.54) is 0 Å². The summed E-state index contributed by atoms with van der Waals surface area (Å²) >= 11 is 0. The van der Waals surface area contributed by atoms with Crippen LogP contribution in [-0.2, 0) is 0 Å². The third kappa shape index (κ3) is 3.67. The van der Waals surface area contributed by atoms with Crippen molar-refractivity contribution >= 4 is 11.6 Å². The van der Waals surface area contributed by atoms with E-state index in [2.05, 4.69) is 20.5 Å². The average molecular weight is 407 g/mol. The summed E-state index contributed by atoms with van der Waals surface area (Å²) in [5, 5.41) is 12.5. The second kappa shape index (κ2) is 7.55. The van der Waals surface area contributed by atoms with Crippen molar-refractivity contribution in [1.29, 1.82) is 0 Å². The Kier molecular flexibility index (Phi) is 4.72. The molecule has 9 heteroatoms. The van der Waals surface area contributed by atoms with Gasteiger partial charge in [-0.05, 0) is 49.9 Å². The van der Waals surface area contributed by atoms with E-state index in [0.717, 1.165) is 43.7 Å². The third-order valence-electron chi connectivity index (χ3n) is 5.80. The largest absolute Gasteiger partial charge is 0.378 e. The zero-order chi connectivity index (χ0) is 20.7. The molecule has 1 saturated heterocycles. The maximum Gasteiger partial charge on any atom is 0.280 e. The number of hydrogen-bond acceptors (Lipinski definition) is 7. The van der Waals surface area contributed by atoms with E-state index in [1.54, 1.807) is 0 Å². The molecule has 9 nitrogen and oxygen atoms in total. The highest BCUT2D eigenvalue weighted by Crippen LogP contribution is 2.38. The molecule has 0 unspecified atom stereocenters. The Labute approximate surface area is 174 Å². The van der Waals surface area contributed by atoms with Crippen LogP contribution in [0.3, 0.4) is 0 Å². The van der Waals surface area contributed by atoms with Gasteiger partial charge < -0.3 is 14.3 Å². The van der Waals surface area contributed by atoms with Gasteiger partial charge in [0.2, 0.25) is 0 Å². The molecule has 5 rings (SSSR count). The summed E-state index contributed by atoms with van der Waals surface area (Å²) in [7, 11) is 3.97. The van der Waals surface area contributed by atoms with Crippen molar-refractivity contribution in [3.63, 3.8) is 0 Å². The molecule has 2 aromatic heterocycles. The first-order valence-corrected chi connectivity index (χ1v) is 10.4. The lowest BCUT2D eigenvalue weighted by Gasteiger charge is -2.32. The lowest BCUT2D eigenvalue weighted by atomic mass is 10.0. The number of hydrogen-bond donors (Lipinski definition) is 0. The predicted octanol–water partition coefficient (Wildman–Crippen LogP) is 2.75. The van der Waals surface area contributed by atoms with Crippen LogP contribution in [0.4, 0.5) is 5.69 Å². The van der Waals surface area contributed by atoms with Gasteiger partial charge in [-0.15, -0.1) is 5.10 Å². The summed E-state index contributed by atoms with van der Waals surface area (Å²) in [6.45, 7) is 1.36. The van der Waals surface area contributed by atoms with Crippen molar-refractivity contribution in [3.8, 4) is 11.6 Å². The highest BCUT2D eigenvalue weighted by molar-refractivity contribution is 5.94. The molecule has 1 aliphatic heterocycles. The Morgan fingerprint density at radius 1 is 1.17 bits per heavy atom. The number of rotatable bonds is 5. The van der Waals surface area contributed by atoms with E-state index in [9.17, 15) is 4.79 Å². The SMILES string of the molecule is CN(C)c1ccc(C(=O)N2CCC[C@H](n3cc(-c4nc(C5CC5)no4)nn3)C2)cc1. The zero-order valence-corrected chi connectivity index (χ0v) is 17.2. The standard InChI is InChI=1S/C21H25N7O2/c1-26(2)16-9-7-15(8-10-16)21(29)27-11-3-4-17(12-27)28-13-18(23-25-28)20-22-19(24-30-20)14-5-6-14/h7-10,13-14,17H,3-6,11-12H2,1-2H3/t17-/m0/s1. The molecule has 0 N–H and O–H groups in total. The number of benzene rings is 1. The van der Waals surface area contributed by atoms with Gasteiger partial charge in [-0.25, -0.2) is 4.68 Å². The summed E-state index contributed by atoms with van der Waals surface area (Å²) in [4.78, 5) is 21.4. The minimum Gasteiger partial charge on any atom is -0.378 e. The van der Waals surface area contributed by atoms with Crippen molar-refractivity contribution in [1.82, 2.24) is 30.0 Å². The number of likely N-dealkylation sites (tertiary alicyclic amines) is 1. The van der Waals surface area contributed by atoms with Crippen LogP contribution in [0.5, 0.6) is 0 Å². The molecule has 1 atom stereocenters. The van der Waals surface area contributed by atoms with Crippen LogP contribution in [0.15, 0.2) is 35.0 Å². The molecular weight excluding hydrogens is 382 g/mol. The Balaban J connectivity index is 1.28. The molecule has 1 aliphatic carbocycles. The molecule has 1 amide bonds. The van der Waals surface area contributed by atoms with Gasteiger partial charge in [0.15, 0.2) is 11.5 Å². The predicted molar refractivity (Wildman–Crippen MR) is 110 cm³/mol. The van der Waals surface area contributed by atoms with Crippen LogP contribution in [-0.4, -0.2) is 63.1 Å². The van der Waals surface area contributed by atoms with Gasteiger partial charge in [-0.1, -0.05) is 10.4 Å². The minimum absolute atomic E-state index is 0.0521. The lowest BCUT2D eigenvalue weighted by Crippen LogP contribution is -2.40. The van der Waals surface area contributed by atoms with Gasteiger partial charge in [0.25, 0.3) is 11.8 Å². The van der Waals surface area contributed by atoms with E-state index >= 15 is 0 Å². The zero-order valence-electron chi connectivity index (χ0n) is 17.2. The van der Waals surface area contributed by atoms with Crippen LogP contribution in [0.1, 0.15) is 53.8 Å². The van der Waals surface area contributed by atoms with E-state index in [1.807, 2.05) is 59.0 Å². The van der Waals surface area contributed by atoms with E-state index in [0.29, 0.717) is 29.6 Å². The Hall–Kier alpha value is -3.23. The summed E-state index contributed by atoms with van der Waals surface area (Å²) in [5.41, 5.74) is 2.36. The van der Waals surface area contributed by atoms with E-state index in [-0.39, 0.29) is 11.9 Å². The molecule has 0 bridgehead atoms. The summed E-state index contributed by atoms with van der Waals surface area (Å²) in [6, 6.07) is 7.80. The first-order chi connectivity index (χ1) is 14.6. The Bertz CT molecular complexity index is 1040. The first-order valence-electron chi connectivity index (χ1n) is 10.4. The highest BCUT2D eigenvalue weighted by Gasteiger charge is 2.30. The summed E-state index contributed by atoms with van der Waals surface area (Å²) in [6.07, 6.45) is 5.96. The number of amides is 1. The average Bonchev–Trinajstić information content (AvgIpc) is 3.30. The molecule has 0 radical (unpaired) electrons. The summed E-state index contributed by atoms with van der Waals surface area (Å²) in [5.74, 6) is 1.65. The molecule has 2 aliphatic rings. The molecule has 30 heavy (non-hydrogen) atoms. The molecule has 3 aromatic rings. The maximum atomic E-state index is 13.0. The van der Waals surface area contributed by atoms with Crippen molar-refractivity contribution in [2.75, 3.05) is 32.1 Å². The van der Waals surface area contributed by atoms with Gasteiger partial charge in [0, 0.05) is 44.4 Å². The second-order valence-corrected chi connectivity index (χ2v) is 8.30. The quantitative estimate of drug-likeness (QED) is 0.642. The number of aromatic nitrogens is 5. The molecule has 3 heterocycles. The smallest absolute Gasteiger partial charge is 0.280 e. The normalized spacial score (nSPS) is 19.1. The van der Waals surface area contributed by atoms with Gasteiger partial charge in [-0.2, -0.15) is 4.98 Å². The number of carbonyl (C=O) groups excluding carboxylic acids is 1. The van der Waals surface area contributed by atoms with Crippen LogP contribution in [0, 0.1) is 0 Å². The molecule has 156 valence electrons. The van der Waals surface area contributed by atoms with Crippen molar-refractivity contribution in [3.05, 3.63) is 41.9 Å². The van der Waals surface area contributed by atoms with Crippen molar-refractivity contribution < 1.29 is 9.32 Å². The molecule has 1 saturated carbocycles. The fourth-order valence-corrected chi connectivity index (χ4v) is 3.84. The molecule has 0 spiro atoms. The van der Waals surface area contributed by atoms with Crippen LogP contribution < -0.4 is 4.90 Å². The number of anilines is 1. The third-order valence-corrected chi connectivity index (χ3v) is 5.80. The molecular formula is C21H25N7O2. The number of piperidine rings is 1. The Morgan fingerprint density at radius 3 is 2.70 bits per heavy atom. The van der Waals surface area contributed by atoms with Crippen LogP contribution in [0.2, 0.25) is 0 Å². The van der Waals surface area contributed by atoms with Crippen molar-refractivity contribution in [2.24, 2.45) is 0 Å². The first kappa shape index (κ1) is 18.8. The lowest BCUT2D eigenvalue weighted by molar-refractivity contribution is 0.0672. The van der Waals surface area contributed by atoms with Crippen LogP contribution in [0.25, 0.3) is 11.6 Å². The van der Waals surface area contributed by atoms with Crippen LogP contribution >= 0.6 is 0 Å². The fourth-order valence-electron chi connectivity index (χ4n) is 3.84. The summed E-state index contributed by atoms with van der Waals surface area (Å²) < 4.78 is 7.18. The monoisotopic (exact) mass is 407 g/mol. The maximum absolute atomic E-state index is 13.0. The van der Waals surface area contributed by atoms with Gasteiger partial charge in [0.1, 0.15) is 0 Å². The van der Waals surface area contributed by atoms with E-state index in [4.69, 9.17) is 4.52 Å². The highest BCUT2D eigenvalue weighted by atomic mass is 16.5. The molecule has 2 fully saturated rings. The minimum atomic E-state index is 0.0521. The van der Waals surface area contributed by atoms with Gasteiger partial charge >= 0.3 is 0 Å². The van der Waals surface area contributed by atoms with Gasteiger partial charge in [-0.3, -0.25) is 4.79 Å². The number of carbonyl (C=O) groups is 1. The number of nitrogens with zero attached hydrogens (tertiary/aromatic N) is 7. The Morgan fingerprint density at radius 2 is 1.97 bits per heavy atom. The van der Waals surface area contributed by atoms with E-state index < -0.39 is 0 Å². The fraction of sp³-hybridized carbons (Fsp3) is 0.476. The van der Waals surface area contributed by atoms with Gasteiger partial charge in [0.05, 0.1) is 12.2 Å². The molecule has 1 aromatic carbocycles. The van der Waals surface area contributed by atoms with Crippen molar-refractivity contribution in [2.45, 2.75) is 37.6 Å².